The van der Waals surface area contributed by atoms with Gasteiger partial charge in [-0.05, 0) is 31.7 Å². The smallest absolute Gasteiger partial charge is 0.220 e. The van der Waals surface area contributed by atoms with Crippen molar-refractivity contribution in [2.45, 2.75) is 46.0 Å². The Morgan fingerprint density at radius 3 is 2.76 bits per heavy atom. The second kappa shape index (κ2) is 11.9. The van der Waals surface area contributed by atoms with Crippen molar-refractivity contribution < 1.29 is 9.53 Å². The minimum Gasteiger partial charge on any atom is -0.380 e. The maximum Gasteiger partial charge on any atom is 0.220 e. The molecule has 0 spiro atoms. The highest BCUT2D eigenvalue weighted by Crippen LogP contribution is 2.08. The standard InChI is InChI=1S/C13H28N2O2/c1-3-4-10-17-11-9-15-13(16)6-5-12(2)7-8-14/h12H,3-11,14H2,1-2H3,(H,15,16). The summed E-state index contributed by atoms with van der Waals surface area (Å²) < 4.78 is 5.36. The quantitative estimate of drug-likeness (QED) is 0.544. The third-order valence-corrected chi connectivity index (χ3v) is 2.73. The highest BCUT2D eigenvalue weighted by atomic mass is 16.5. The van der Waals surface area contributed by atoms with E-state index >= 15 is 0 Å². The lowest BCUT2D eigenvalue weighted by Gasteiger charge is -2.10. The number of nitrogens with two attached hydrogens (primary N) is 1. The van der Waals surface area contributed by atoms with Gasteiger partial charge in [-0.15, -0.1) is 0 Å². The molecule has 102 valence electrons. The molecule has 3 N–H and O–H groups in total. The zero-order valence-corrected chi connectivity index (χ0v) is 11.3. The van der Waals surface area contributed by atoms with E-state index in [2.05, 4.69) is 19.2 Å². The van der Waals surface area contributed by atoms with Crippen molar-refractivity contribution >= 4 is 5.91 Å². The van der Waals surface area contributed by atoms with Gasteiger partial charge in [-0.25, -0.2) is 0 Å². The Hall–Kier alpha value is -0.610. The molecule has 0 radical (unpaired) electrons. The maximum absolute atomic E-state index is 11.4. The molecule has 17 heavy (non-hydrogen) atoms. The van der Waals surface area contributed by atoms with Crippen LogP contribution in [-0.2, 0) is 9.53 Å². The summed E-state index contributed by atoms with van der Waals surface area (Å²) in [7, 11) is 0. The molecule has 0 fully saturated rings. The average Bonchev–Trinajstić information content (AvgIpc) is 2.31. The number of hydrogen-bond acceptors (Lipinski definition) is 3. The van der Waals surface area contributed by atoms with Crippen molar-refractivity contribution in [2.24, 2.45) is 11.7 Å². The van der Waals surface area contributed by atoms with Gasteiger partial charge in [0.15, 0.2) is 0 Å². The number of amides is 1. The van der Waals surface area contributed by atoms with E-state index in [-0.39, 0.29) is 5.91 Å². The highest BCUT2D eigenvalue weighted by Gasteiger charge is 2.05. The summed E-state index contributed by atoms with van der Waals surface area (Å²) in [4.78, 5) is 11.4. The molecule has 0 aromatic heterocycles. The molecular formula is C13H28N2O2. The largest absolute Gasteiger partial charge is 0.380 e. The lowest BCUT2D eigenvalue weighted by Crippen LogP contribution is -2.27. The van der Waals surface area contributed by atoms with E-state index in [1.807, 2.05) is 0 Å². The second-order valence-corrected chi connectivity index (χ2v) is 4.54. The number of hydrogen-bond donors (Lipinski definition) is 2. The van der Waals surface area contributed by atoms with Crippen LogP contribution in [0.15, 0.2) is 0 Å². The predicted octanol–water partition coefficient (Wildman–Crippen LogP) is 1.68. The third-order valence-electron chi connectivity index (χ3n) is 2.73. The number of rotatable bonds is 11. The van der Waals surface area contributed by atoms with Gasteiger partial charge < -0.3 is 15.8 Å². The number of carbonyl (C=O) groups is 1. The molecule has 1 amide bonds. The van der Waals surface area contributed by atoms with Crippen LogP contribution < -0.4 is 11.1 Å². The van der Waals surface area contributed by atoms with Crippen LogP contribution in [0.5, 0.6) is 0 Å². The molecule has 1 unspecified atom stereocenters. The fourth-order valence-corrected chi connectivity index (χ4v) is 1.51. The Kier molecular flexibility index (Phi) is 11.4. The fourth-order valence-electron chi connectivity index (χ4n) is 1.51. The molecule has 0 saturated heterocycles. The van der Waals surface area contributed by atoms with Gasteiger partial charge in [0.2, 0.25) is 5.91 Å². The van der Waals surface area contributed by atoms with E-state index in [1.165, 1.54) is 0 Å². The topological polar surface area (TPSA) is 64.3 Å². The van der Waals surface area contributed by atoms with E-state index in [9.17, 15) is 4.79 Å². The molecule has 4 heteroatoms. The van der Waals surface area contributed by atoms with Gasteiger partial charge in [0.1, 0.15) is 0 Å². The van der Waals surface area contributed by atoms with Crippen molar-refractivity contribution in [3.63, 3.8) is 0 Å². The number of ether oxygens (including phenoxy) is 1. The highest BCUT2D eigenvalue weighted by molar-refractivity contribution is 5.75. The summed E-state index contributed by atoms with van der Waals surface area (Å²) in [5, 5.41) is 2.86. The van der Waals surface area contributed by atoms with E-state index in [4.69, 9.17) is 10.5 Å². The minimum absolute atomic E-state index is 0.118. The molecule has 4 nitrogen and oxygen atoms in total. The Balaban J connectivity index is 3.28. The summed E-state index contributed by atoms with van der Waals surface area (Å²) in [5.41, 5.74) is 5.46. The molecule has 0 aliphatic rings. The Labute approximate surface area is 105 Å². The third kappa shape index (κ3) is 11.6. The van der Waals surface area contributed by atoms with E-state index in [0.717, 1.165) is 32.3 Å². The summed E-state index contributed by atoms with van der Waals surface area (Å²) in [5.74, 6) is 0.652. The number of nitrogens with one attached hydrogen (secondary N) is 1. The first-order valence-electron chi connectivity index (χ1n) is 6.75. The van der Waals surface area contributed by atoms with Crippen LogP contribution >= 0.6 is 0 Å². The van der Waals surface area contributed by atoms with Gasteiger partial charge in [0, 0.05) is 19.6 Å². The first-order valence-corrected chi connectivity index (χ1v) is 6.75. The van der Waals surface area contributed by atoms with Gasteiger partial charge >= 0.3 is 0 Å². The van der Waals surface area contributed by atoms with Crippen molar-refractivity contribution in [1.82, 2.24) is 5.32 Å². The fraction of sp³-hybridized carbons (Fsp3) is 0.923. The van der Waals surface area contributed by atoms with Gasteiger partial charge in [-0.1, -0.05) is 20.3 Å². The van der Waals surface area contributed by atoms with E-state index in [1.54, 1.807) is 0 Å². The first kappa shape index (κ1) is 16.4. The van der Waals surface area contributed by atoms with Crippen molar-refractivity contribution in [1.29, 1.82) is 0 Å². The van der Waals surface area contributed by atoms with Gasteiger partial charge in [-0.3, -0.25) is 4.79 Å². The van der Waals surface area contributed by atoms with Crippen molar-refractivity contribution in [2.75, 3.05) is 26.3 Å². The van der Waals surface area contributed by atoms with Crippen LogP contribution in [0.4, 0.5) is 0 Å². The Bertz CT molecular complexity index is 186. The first-order chi connectivity index (χ1) is 8.20. The minimum atomic E-state index is 0.118. The van der Waals surface area contributed by atoms with Crippen LogP contribution in [-0.4, -0.2) is 32.2 Å². The average molecular weight is 244 g/mol. The molecule has 0 saturated carbocycles. The zero-order valence-electron chi connectivity index (χ0n) is 11.3. The molecule has 0 aromatic rings. The molecule has 0 rings (SSSR count). The van der Waals surface area contributed by atoms with Crippen LogP contribution in [0.2, 0.25) is 0 Å². The molecule has 0 bridgehead atoms. The molecule has 0 aromatic carbocycles. The zero-order chi connectivity index (χ0) is 12.9. The van der Waals surface area contributed by atoms with Crippen LogP contribution in [0.1, 0.15) is 46.0 Å². The normalized spacial score (nSPS) is 12.4. The maximum atomic E-state index is 11.4. The molecule has 0 heterocycles. The summed E-state index contributed by atoms with van der Waals surface area (Å²) in [6.45, 7) is 6.99. The lowest BCUT2D eigenvalue weighted by molar-refractivity contribution is -0.121. The number of carbonyl (C=O) groups excluding carboxylic acids is 1. The van der Waals surface area contributed by atoms with Crippen molar-refractivity contribution in [3.8, 4) is 0 Å². The Morgan fingerprint density at radius 1 is 1.35 bits per heavy atom. The van der Waals surface area contributed by atoms with Crippen LogP contribution in [0.3, 0.4) is 0 Å². The summed E-state index contributed by atoms with van der Waals surface area (Å²) >= 11 is 0. The lowest BCUT2D eigenvalue weighted by atomic mass is 10.0. The second-order valence-electron chi connectivity index (χ2n) is 4.54. The molecule has 1 atom stereocenters. The monoisotopic (exact) mass is 244 g/mol. The number of unbranched alkanes of at least 4 members (excludes halogenated alkanes) is 1. The van der Waals surface area contributed by atoms with Crippen LogP contribution in [0.25, 0.3) is 0 Å². The Morgan fingerprint density at radius 2 is 2.12 bits per heavy atom. The molecule has 0 aliphatic carbocycles. The van der Waals surface area contributed by atoms with E-state index in [0.29, 0.717) is 32.0 Å². The van der Waals surface area contributed by atoms with Gasteiger partial charge in [0.25, 0.3) is 0 Å². The van der Waals surface area contributed by atoms with Crippen LogP contribution in [0, 0.1) is 5.92 Å². The molecular weight excluding hydrogens is 216 g/mol. The molecule has 0 aliphatic heterocycles. The summed E-state index contributed by atoms with van der Waals surface area (Å²) in [6.07, 6.45) is 4.74. The van der Waals surface area contributed by atoms with Gasteiger partial charge in [-0.2, -0.15) is 0 Å². The predicted molar refractivity (Wildman–Crippen MR) is 70.8 cm³/mol. The van der Waals surface area contributed by atoms with Gasteiger partial charge in [0.05, 0.1) is 6.61 Å². The van der Waals surface area contributed by atoms with Crippen molar-refractivity contribution in [3.05, 3.63) is 0 Å². The SMILES string of the molecule is CCCCOCCNC(=O)CCC(C)CCN. The van der Waals surface area contributed by atoms with E-state index < -0.39 is 0 Å². The summed E-state index contributed by atoms with van der Waals surface area (Å²) in [6, 6.07) is 0.